The molecule has 0 spiro atoms. The summed E-state index contributed by atoms with van der Waals surface area (Å²) >= 11 is 9.58. The molecule has 1 N–H and O–H groups in total. The Labute approximate surface area is 228 Å². The maximum atomic E-state index is 13.3. The van der Waals surface area contributed by atoms with Crippen LogP contribution in [-0.2, 0) is 16.2 Å². The fourth-order valence-electron chi connectivity index (χ4n) is 3.78. The number of imide groups is 2. The number of halogens is 2. The lowest BCUT2D eigenvalue weighted by atomic mass is 10.0. The zero-order valence-corrected chi connectivity index (χ0v) is 22.8. The Morgan fingerprint density at radius 1 is 1.00 bits per heavy atom. The Balaban J connectivity index is 1.67. The molecule has 0 radical (unpaired) electrons. The number of nitrogens with zero attached hydrogens (tertiary/aromatic N) is 1. The molecule has 3 aromatic rings. The van der Waals surface area contributed by atoms with E-state index in [1.807, 2.05) is 45.0 Å². The number of hydrogen-bond acceptors (Lipinski definition) is 5. The van der Waals surface area contributed by atoms with Crippen LogP contribution in [0.25, 0.3) is 6.08 Å². The summed E-state index contributed by atoms with van der Waals surface area (Å²) in [5.74, 6) is -0.593. The summed E-state index contributed by atoms with van der Waals surface area (Å²) in [6.45, 7) is 6.28. The van der Waals surface area contributed by atoms with Crippen LogP contribution in [-0.4, -0.2) is 24.5 Å². The lowest BCUT2D eigenvalue weighted by molar-refractivity contribution is -0.122. The van der Waals surface area contributed by atoms with E-state index in [0.717, 1.165) is 21.6 Å². The Morgan fingerprint density at radius 2 is 1.78 bits per heavy atom. The van der Waals surface area contributed by atoms with Gasteiger partial charge in [-0.2, -0.15) is 0 Å². The number of barbiturate groups is 1. The minimum Gasteiger partial charge on any atom is -0.490 e. The highest BCUT2D eigenvalue weighted by Gasteiger charge is 2.37. The molecule has 0 atom stereocenters. The van der Waals surface area contributed by atoms with E-state index in [4.69, 9.17) is 21.1 Å². The van der Waals surface area contributed by atoms with Crippen molar-refractivity contribution in [2.45, 2.75) is 27.4 Å². The number of urea groups is 1. The molecule has 190 valence electrons. The monoisotopic (exact) mass is 582 g/mol. The van der Waals surface area contributed by atoms with Gasteiger partial charge in [-0.15, -0.1) is 0 Å². The molecule has 4 amide bonds. The summed E-state index contributed by atoms with van der Waals surface area (Å²) in [5, 5.41) is 2.86. The third-order valence-electron chi connectivity index (χ3n) is 5.77. The average molecular weight is 584 g/mol. The molecule has 1 heterocycles. The minimum absolute atomic E-state index is 0.181. The van der Waals surface area contributed by atoms with Crippen molar-refractivity contribution < 1.29 is 23.9 Å². The summed E-state index contributed by atoms with van der Waals surface area (Å²) in [6, 6.07) is 15.1. The highest BCUT2D eigenvalue weighted by atomic mass is 79.9. The lowest BCUT2D eigenvalue weighted by Crippen LogP contribution is -2.54. The highest BCUT2D eigenvalue weighted by Crippen LogP contribution is 2.38. The van der Waals surface area contributed by atoms with Gasteiger partial charge in [-0.05, 0) is 101 Å². The van der Waals surface area contributed by atoms with Gasteiger partial charge in [0.15, 0.2) is 11.5 Å². The largest absolute Gasteiger partial charge is 0.490 e. The van der Waals surface area contributed by atoms with Crippen LogP contribution in [0.2, 0.25) is 5.02 Å². The maximum absolute atomic E-state index is 13.3. The summed E-state index contributed by atoms with van der Waals surface area (Å²) in [4.78, 5) is 39.4. The zero-order valence-electron chi connectivity index (χ0n) is 20.4. The number of anilines is 1. The van der Waals surface area contributed by atoms with Crippen LogP contribution in [0, 0.1) is 13.8 Å². The Morgan fingerprint density at radius 3 is 2.49 bits per heavy atom. The standard InChI is InChI=1S/C28H24BrClN2O5/c1-4-36-24-14-19(13-23(29)25(24)37-15-18-6-5-7-20(30)11-18)12-22-26(33)31-28(35)32(27(22)34)21-9-8-16(2)17(3)10-21/h5-14H,4,15H2,1-3H3,(H,31,33,35)/b22-12+. The van der Waals surface area contributed by atoms with E-state index < -0.39 is 17.8 Å². The second-order valence-electron chi connectivity index (χ2n) is 8.41. The first kappa shape index (κ1) is 26.4. The van der Waals surface area contributed by atoms with Gasteiger partial charge in [-0.3, -0.25) is 14.9 Å². The molecule has 7 nitrogen and oxygen atoms in total. The van der Waals surface area contributed by atoms with Gasteiger partial charge in [0.05, 0.1) is 16.8 Å². The van der Waals surface area contributed by atoms with Crippen LogP contribution in [0.3, 0.4) is 0 Å². The SMILES string of the molecule is CCOc1cc(/C=C2\C(=O)NC(=O)N(c3ccc(C)c(C)c3)C2=O)cc(Br)c1OCc1cccc(Cl)c1. The fourth-order valence-corrected chi connectivity index (χ4v) is 4.57. The van der Waals surface area contributed by atoms with Crippen molar-refractivity contribution in [3.05, 3.63) is 91.9 Å². The van der Waals surface area contributed by atoms with Crippen LogP contribution in [0.5, 0.6) is 11.5 Å². The smallest absolute Gasteiger partial charge is 0.335 e. The first-order valence-electron chi connectivity index (χ1n) is 11.5. The number of rotatable bonds is 7. The van der Waals surface area contributed by atoms with Crippen molar-refractivity contribution in [2.75, 3.05) is 11.5 Å². The minimum atomic E-state index is -0.795. The molecule has 0 unspecified atom stereocenters. The van der Waals surface area contributed by atoms with Gasteiger partial charge in [0, 0.05) is 5.02 Å². The van der Waals surface area contributed by atoms with E-state index in [-0.39, 0.29) is 12.2 Å². The van der Waals surface area contributed by atoms with Gasteiger partial charge in [-0.1, -0.05) is 29.8 Å². The Kier molecular flexibility index (Phi) is 8.00. The van der Waals surface area contributed by atoms with E-state index in [9.17, 15) is 14.4 Å². The van der Waals surface area contributed by atoms with Crippen LogP contribution in [0.15, 0.2) is 64.6 Å². The second-order valence-corrected chi connectivity index (χ2v) is 9.70. The number of carbonyl (C=O) groups is 3. The molecule has 37 heavy (non-hydrogen) atoms. The Hall–Kier alpha value is -3.62. The molecule has 1 aliphatic rings. The van der Waals surface area contributed by atoms with Gasteiger partial charge in [0.1, 0.15) is 12.2 Å². The van der Waals surface area contributed by atoms with Crippen LogP contribution < -0.4 is 19.7 Å². The molecule has 4 rings (SSSR count). The third-order valence-corrected chi connectivity index (χ3v) is 6.59. The number of benzene rings is 3. The highest BCUT2D eigenvalue weighted by molar-refractivity contribution is 9.10. The molecule has 0 aromatic heterocycles. The van der Waals surface area contributed by atoms with E-state index in [1.54, 1.807) is 30.3 Å². The van der Waals surface area contributed by atoms with Crippen molar-refractivity contribution in [2.24, 2.45) is 0 Å². The number of nitrogens with one attached hydrogen (secondary N) is 1. The van der Waals surface area contributed by atoms with Crippen LogP contribution in [0.1, 0.15) is 29.2 Å². The summed E-state index contributed by atoms with van der Waals surface area (Å²) in [7, 11) is 0. The first-order valence-corrected chi connectivity index (χ1v) is 12.7. The van der Waals surface area contributed by atoms with Crippen molar-refractivity contribution in [3.63, 3.8) is 0 Å². The maximum Gasteiger partial charge on any atom is 0.335 e. The van der Waals surface area contributed by atoms with E-state index >= 15 is 0 Å². The van der Waals surface area contributed by atoms with Crippen molar-refractivity contribution >= 4 is 57.1 Å². The van der Waals surface area contributed by atoms with Gasteiger partial charge in [0.2, 0.25) is 0 Å². The molecule has 0 aliphatic carbocycles. The molecule has 0 bridgehead atoms. The lowest BCUT2D eigenvalue weighted by Gasteiger charge is -2.27. The number of ether oxygens (including phenoxy) is 2. The third kappa shape index (κ3) is 5.87. The Bertz CT molecular complexity index is 1440. The normalized spacial score (nSPS) is 14.7. The van der Waals surface area contributed by atoms with E-state index in [1.165, 1.54) is 6.08 Å². The number of aryl methyl sites for hydroxylation is 2. The van der Waals surface area contributed by atoms with Gasteiger partial charge >= 0.3 is 6.03 Å². The van der Waals surface area contributed by atoms with Crippen molar-refractivity contribution in [1.82, 2.24) is 5.32 Å². The molecule has 1 fully saturated rings. The first-order chi connectivity index (χ1) is 17.7. The number of carbonyl (C=O) groups excluding carboxylic acids is 3. The average Bonchev–Trinajstić information content (AvgIpc) is 2.83. The molecule has 9 heteroatoms. The van der Waals surface area contributed by atoms with Crippen LogP contribution >= 0.6 is 27.5 Å². The summed E-state index contributed by atoms with van der Waals surface area (Å²) < 4.78 is 12.4. The molecule has 3 aromatic carbocycles. The predicted molar refractivity (Wildman–Crippen MR) is 146 cm³/mol. The van der Waals surface area contributed by atoms with E-state index in [0.29, 0.717) is 38.9 Å². The number of amides is 4. The summed E-state index contributed by atoms with van der Waals surface area (Å²) in [6.07, 6.45) is 1.42. The molecular weight excluding hydrogens is 560 g/mol. The van der Waals surface area contributed by atoms with Gasteiger partial charge in [-0.25, -0.2) is 9.69 Å². The van der Waals surface area contributed by atoms with Crippen LogP contribution in [0.4, 0.5) is 10.5 Å². The van der Waals surface area contributed by atoms with Gasteiger partial charge < -0.3 is 9.47 Å². The molecule has 0 saturated carbocycles. The second kappa shape index (κ2) is 11.2. The van der Waals surface area contributed by atoms with Crippen molar-refractivity contribution in [3.8, 4) is 11.5 Å². The topological polar surface area (TPSA) is 84.9 Å². The predicted octanol–water partition coefficient (Wildman–Crippen LogP) is 6.36. The quantitative estimate of drug-likeness (QED) is 0.258. The molecular formula is C28H24BrClN2O5. The summed E-state index contributed by atoms with van der Waals surface area (Å²) in [5.41, 5.74) is 3.53. The van der Waals surface area contributed by atoms with Crippen molar-refractivity contribution in [1.29, 1.82) is 0 Å². The molecule has 1 aliphatic heterocycles. The zero-order chi connectivity index (χ0) is 26.7. The van der Waals surface area contributed by atoms with Gasteiger partial charge in [0.25, 0.3) is 11.8 Å². The fraction of sp³-hybridized carbons (Fsp3) is 0.179. The van der Waals surface area contributed by atoms with E-state index in [2.05, 4.69) is 21.2 Å². The number of hydrogen-bond donors (Lipinski definition) is 1. The molecule has 1 saturated heterocycles.